The zero-order chi connectivity index (χ0) is 15.2. The van der Waals surface area contributed by atoms with Crippen LogP contribution in [-0.4, -0.2) is 16.8 Å². The number of phenols is 2. The van der Waals surface area contributed by atoms with Crippen LogP contribution in [0.15, 0.2) is 48.5 Å². The Morgan fingerprint density at radius 1 is 0.905 bits per heavy atom. The van der Waals surface area contributed by atoms with Gasteiger partial charge in [-0.3, -0.25) is 0 Å². The average Bonchev–Trinajstić information content (AvgIpc) is 2.47. The monoisotopic (exact) mass is 285 g/mol. The molecule has 0 bridgehead atoms. The largest absolute Gasteiger partial charge is 0.508 e. The number of rotatable bonds is 6. The molecule has 0 aliphatic carbocycles. The molecule has 2 aromatic carbocycles. The van der Waals surface area contributed by atoms with Crippen molar-refractivity contribution in [2.75, 3.05) is 6.54 Å². The van der Waals surface area contributed by atoms with Crippen molar-refractivity contribution in [2.24, 2.45) is 0 Å². The van der Waals surface area contributed by atoms with Crippen molar-refractivity contribution in [1.82, 2.24) is 5.32 Å². The molecule has 0 fully saturated rings. The van der Waals surface area contributed by atoms with Gasteiger partial charge in [-0.05, 0) is 49.1 Å². The summed E-state index contributed by atoms with van der Waals surface area (Å²) in [5.41, 5.74) is 2.24. The number of aromatic hydroxyl groups is 2. The van der Waals surface area contributed by atoms with Gasteiger partial charge in [-0.25, -0.2) is 0 Å². The van der Waals surface area contributed by atoms with Crippen LogP contribution in [0.3, 0.4) is 0 Å². The standard InChI is InChI=1S/C18H23NO2/c1-13(15-6-4-3-5-7-15)8-9-19-14(2)16-10-17(20)12-18(21)11-16/h3-7,10-14,19-21H,8-9H2,1-2H3. The second-order valence-electron chi connectivity index (χ2n) is 5.56. The molecule has 3 nitrogen and oxygen atoms in total. The van der Waals surface area contributed by atoms with Crippen molar-refractivity contribution >= 4 is 0 Å². The molecule has 2 aromatic rings. The molecule has 0 amide bonds. The van der Waals surface area contributed by atoms with E-state index in [9.17, 15) is 10.2 Å². The fraction of sp³-hybridized carbons (Fsp3) is 0.333. The van der Waals surface area contributed by atoms with Gasteiger partial charge in [-0.2, -0.15) is 0 Å². The molecule has 0 heterocycles. The summed E-state index contributed by atoms with van der Waals surface area (Å²) in [6.45, 7) is 5.14. The van der Waals surface area contributed by atoms with Crippen LogP contribution in [0.4, 0.5) is 0 Å². The van der Waals surface area contributed by atoms with E-state index in [1.807, 2.05) is 13.0 Å². The van der Waals surface area contributed by atoms with Crippen LogP contribution in [0.25, 0.3) is 0 Å². The fourth-order valence-corrected chi connectivity index (χ4v) is 2.45. The van der Waals surface area contributed by atoms with E-state index >= 15 is 0 Å². The van der Waals surface area contributed by atoms with E-state index in [-0.39, 0.29) is 17.5 Å². The van der Waals surface area contributed by atoms with E-state index in [1.165, 1.54) is 11.6 Å². The van der Waals surface area contributed by atoms with Gasteiger partial charge in [0.15, 0.2) is 0 Å². The molecule has 0 aliphatic heterocycles. The SMILES string of the molecule is CC(CCNC(C)c1cc(O)cc(O)c1)c1ccccc1. The molecule has 2 unspecified atom stereocenters. The predicted molar refractivity (Wildman–Crippen MR) is 85.7 cm³/mol. The molecule has 0 spiro atoms. The maximum Gasteiger partial charge on any atom is 0.119 e. The van der Waals surface area contributed by atoms with Gasteiger partial charge < -0.3 is 15.5 Å². The smallest absolute Gasteiger partial charge is 0.119 e. The lowest BCUT2D eigenvalue weighted by atomic mass is 9.97. The summed E-state index contributed by atoms with van der Waals surface area (Å²) in [5, 5.41) is 22.5. The van der Waals surface area contributed by atoms with Crippen molar-refractivity contribution in [3.8, 4) is 11.5 Å². The zero-order valence-corrected chi connectivity index (χ0v) is 12.6. The minimum atomic E-state index is 0.0889. The van der Waals surface area contributed by atoms with Crippen LogP contribution in [0.1, 0.15) is 43.4 Å². The number of phenolic OH excluding ortho intramolecular Hbond substituents is 2. The minimum Gasteiger partial charge on any atom is -0.508 e. The van der Waals surface area contributed by atoms with Gasteiger partial charge in [0.05, 0.1) is 0 Å². The average molecular weight is 285 g/mol. The molecular formula is C18H23NO2. The Balaban J connectivity index is 1.85. The van der Waals surface area contributed by atoms with Gasteiger partial charge in [0.1, 0.15) is 11.5 Å². The molecule has 0 aliphatic rings. The Labute approximate surface area is 126 Å². The first kappa shape index (κ1) is 15.4. The first-order valence-electron chi connectivity index (χ1n) is 7.37. The van der Waals surface area contributed by atoms with Crippen LogP contribution in [0.2, 0.25) is 0 Å². The summed E-state index contributed by atoms with van der Waals surface area (Å²) < 4.78 is 0. The third-order valence-corrected chi connectivity index (χ3v) is 3.82. The van der Waals surface area contributed by atoms with E-state index in [0.29, 0.717) is 5.92 Å². The topological polar surface area (TPSA) is 52.5 Å². The number of benzene rings is 2. The van der Waals surface area contributed by atoms with Crippen molar-refractivity contribution in [3.05, 3.63) is 59.7 Å². The summed E-state index contributed by atoms with van der Waals surface area (Å²) in [4.78, 5) is 0. The van der Waals surface area contributed by atoms with Gasteiger partial charge >= 0.3 is 0 Å². The second kappa shape index (κ2) is 7.14. The zero-order valence-electron chi connectivity index (χ0n) is 12.6. The lowest BCUT2D eigenvalue weighted by molar-refractivity contribution is 0.445. The van der Waals surface area contributed by atoms with Gasteiger partial charge in [-0.15, -0.1) is 0 Å². The Kier molecular flexibility index (Phi) is 5.23. The quantitative estimate of drug-likeness (QED) is 0.753. The molecule has 2 atom stereocenters. The highest BCUT2D eigenvalue weighted by Crippen LogP contribution is 2.25. The second-order valence-corrected chi connectivity index (χ2v) is 5.56. The normalized spacial score (nSPS) is 13.8. The van der Waals surface area contributed by atoms with E-state index in [0.717, 1.165) is 18.5 Å². The summed E-state index contributed by atoms with van der Waals surface area (Å²) in [5.74, 6) is 0.691. The molecule has 3 heteroatoms. The summed E-state index contributed by atoms with van der Waals surface area (Å²) >= 11 is 0. The van der Waals surface area contributed by atoms with Gasteiger partial charge in [0.25, 0.3) is 0 Å². The molecule has 3 N–H and O–H groups in total. The van der Waals surface area contributed by atoms with Crippen LogP contribution >= 0.6 is 0 Å². The highest BCUT2D eigenvalue weighted by atomic mass is 16.3. The third-order valence-electron chi connectivity index (χ3n) is 3.82. The van der Waals surface area contributed by atoms with Crippen molar-refractivity contribution < 1.29 is 10.2 Å². The van der Waals surface area contributed by atoms with E-state index in [2.05, 4.69) is 36.5 Å². The van der Waals surface area contributed by atoms with Crippen LogP contribution < -0.4 is 5.32 Å². The third kappa shape index (κ3) is 4.50. The molecular weight excluding hydrogens is 262 g/mol. The molecule has 0 radical (unpaired) electrons. The molecule has 0 saturated carbocycles. The predicted octanol–water partition coefficient (Wildman–Crippen LogP) is 3.94. The lowest BCUT2D eigenvalue weighted by Gasteiger charge is -2.17. The Morgan fingerprint density at radius 3 is 2.14 bits per heavy atom. The van der Waals surface area contributed by atoms with E-state index in [4.69, 9.17) is 0 Å². The first-order valence-corrected chi connectivity index (χ1v) is 7.37. The summed E-state index contributed by atoms with van der Waals surface area (Å²) in [6.07, 6.45) is 1.04. The van der Waals surface area contributed by atoms with Crippen LogP contribution in [-0.2, 0) is 0 Å². The van der Waals surface area contributed by atoms with Crippen molar-refractivity contribution in [1.29, 1.82) is 0 Å². The first-order chi connectivity index (χ1) is 10.1. The Hall–Kier alpha value is -2.00. The highest BCUT2D eigenvalue weighted by molar-refractivity contribution is 5.37. The van der Waals surface area contributed by atoms with E-state index in [1.54, 1.807) is 12.1 Å². The molecule has 2 rings (SSSR count). The van der Waals surface area contributed by atoms with Crippen molar-refractivity contribution in [3.63, 3.8) is 0 Å². The maximum absolute atomic E-state index is 9.52. The summed E-state index contributed by atoms with van der Waals surface area (Å²) in [6, 6.07) is 15.3. The van der Waals surface area contributed by atoms with Crippen LogP contribution in [0, 0.1) is 0 Å². The van der Waals surface area contributed by atoms with Gasteiger partial charge in [0, 0.05) is 12.1 Å². The number of hydrogen-bond donors (Lipinski definition) is 3. The number of hydrogen-bond acceptors (Lipinski definition) is 3. The Bertz CT molecular complexity index is 548. The fourth-order valence-electron chi connectivity index (χ4n) is 2.45. The minimum absolute atomic E-state index is 0.0889. The van der Waals surface area contributed by atoms with Crippen LogP contribution in [0.5, 0.6) is 11.5 Å². The molecule has 21 heavy (non-hydrogen) atoms. The molecule has 0 saturated heterocycles. The van der Waals surface area contributed by atoms with Gasteiger partial charge in [-0.1, -0.05) is 37.3 Å². The number of nitrogens with one attached hydrogen (secondary N) is 1. The Morgan fingerprint density at radius 2 is 1.52 bits per heavy atom. The summed E-state index contributed by atoms with van der Waals surface area (Å²) in [7, 11) is 0. The van der Waals surface area contributed by atoms with Gasteiger partial charge in [0.2, 0.25) is 0 Å². The lowest BCUT2D eigenvalue weighted by Crippen LogP contribution is -2.21. The van der Waals surface area contributed by atoms with Crippen molar-refractivity contribution in [2.45, 2.75) is 32.2 Å². The maximum atomic E-state index is 9.52. The molecule has 112 valence electrons. The highest BCUT2D eigenvalue weighted by Gasteiger charge is 2.09. The van der Waals surface area contributed by atoms with E-state index < -0.39 is 0 Å². The molecule has 0 aromatic heterocycles.